The lowest BCUT2D eigenvalue weighted by Crippen LogP contribution is -2.52. The highest BCUT2D eigenvalue weighted by atomic mass is 16.5. The van der Waals surface area contributed by atoms with Crippen LogP contribution in [-0.2, 0) is 31.1 Å². The van der Waals surface area contributed by atoms with Crippen LogP contribution in [0.25, 0.3) is 5.76 Å². The Morgan fingerprint density at radius 3 is 2.60 bits per heavy atom. The number of anilines is 1. The Morgan fingerprint density at radius 2 is 1.82 bits per heavy atom. The van der Waals surface area contributed by atoms with Gasteiger partial charge in [0.15, 0.2) is 5.54 Å². The maximum absolute atomic E-state index is 14.5. The maximum Gasteiger partial charge on any atom is 0.296 e. The molecule has 2 amide bonds. The summed E-state index contributed by atoms with van der Waals surface area (Å²) in [5.41, 5.74) is 0.636. The summed E-state index contributed by atoms with van der Waals surface area (Å²) in [5, 5.41) is 11.8. The van der Waals surface area contributed by atoms with Crippen molar-refractivity contribution in [2.75, 3.05) is 50.8 Å². The SMILES string of the molecule is CCCN1C(=O)C2(/C(=C(/O)c3ccc4c(c3)CC(C)O4)C(=O)C(=O)N2CCCN2CCOCC2)c2ccccc21. The topological polar surface area (TPSA) is 99.6 Å². The summed E-state index contributed by atoms with van der Waals surface area (Å²) in [5.74, 6) is -1.57. The number of Topliss-reactive ketones (excluding diaryl/α,β-unsaturated/α-hetero) is 1. The predicted octanol–water partition coefficient (Wildman–Crippen LogP) is 3.06. The largest absolute Gasteiger partial charge is 0.507 e. The highest BCUT2D eigenvalue weighted by molar-refractivity contribution is 6.50. The number of ether oxygens (including phenoxy) is 2. The minimum Gasteiger partial charge on any atom is -0.507 e. The van der Waals surface area contributed by atoms with Gasteiger partial charge in [-0.2, -0.15) is 0 Å². The Hall–Kier alpha value is -3.69. The van der Waals surface area contributed by atoms with E-state index in [-0.39, 0.29) is 29.9 Å². The van der Waals surface area contributed by atoms with E-state index in [1.54, 1.807) is 29.2 Å². The van der Waals surface area contributed by atoms with Gasteiger partial charge in [0.05, 0.1) is 24.5 Å². The van der Waals surface area contributed by atoms with Crippen LogP contribution in [0.5, 0.6) is 5.75 Å². The average molecular weight is 546 g/mol. The van der Waals surface area contributed by atoms with Crippen molar-refractivity contribution in [2.24, 2.45) is 0 Å². The molecule has 2 atom stereocenters. The van der Waals surface area contributed by atoms with E-state index in [9.17, 15) is 19.5 Å². The number of carbonyl (C=O) groups excluding carboxylic acids is 3. The molecule has 0 aromatic heterocycles. The molecule has 210 valence electrons. The first kappa shape index (κ1) is 26.5. The van der Waals surface area contributed by atoms with Crippen molar-refractivity contribution in [1.82, 2.24) is 9.80 Å². The lowest BCUT2D eigenvalue weighted by Gasteiger charge is -2.35. The first-order chi connectivity index (χ1) is 19.4. The zero-order chi connectivity index (χ0) is 28.0. The zero-order valence-electron chi connectivity index (χ0n) is 23.0. The van der Waals surface area contributed by atoms with Gasteiger partial charge >= 0.3 is 0 Å². The van der Waals surface area contributed by atoms with Crippen LogP contribution in [0.1, 0.15) is 43.4 Å². The van der Waals surface area contributed by atoms with Gasteiger partial charge in [0, 0.05) is 50.3 Å². The molecule has 2 saturated heterocycles. The molecular weight excluding hydrogens is 510 g/mol. The molecule has 2 unspecified atom stereocenters. The number of ketones is 1. The van der Waals surface area contributed by atoms with Gasteiger partial charge in [-0.25, -0.2) is 0 Å². The van der Waals surface area contributed by atoms with Gasteiger partial charge in [0.1, 0.15) is 17.6 Å². The van der Waals surface area contributed by atoms with E-state index in [2.05, 4.69) is 4.90 Å². The van der Waals surface area contributed by atoms with Gasteiger partial charge in [-0.3, -0.25) is 19.3 Å². The summed E-state index contributed by atoms with van der Waals surface area (Å²) in [7, 11) is 0. The molecule has 9 heteroatoms. The second-order valence-corrected chi connectivity index (χ2v) is 11.0. The number of morpholine rings is 1. The van der Waals surface area contributed by atoms with Crippen molar-refractivity contribution in [1.29, 1.82) is 0 Å². The van der Waals surface area contributed by atoms with Crippen LogP contribution in [0.3, 0.4) is 0 Å². The first-order valence-electron chi connectivity index (χ1n) is 14.2. The molecule has 0 radical (unpaired) electrons. The van der Waals surface area contributed by atoms with Crippen LogP contribution in [-0.4, -0.2) is 84.5 Å². The lowest BCUT2D eigenvalue weighted by molar-refractivity contribution is -0.143. The minimum atomic E-state index is -1.72. The number of rotatable bonds is 7. The van der Waals surface area contributed by atoms with E-state index in [1.807, 2.05) is 32.0 Å². The highest BCUT2D eigenvalue weighted by Gasteiger charge is 2.66. The standard InChI is InChI=1S/C31H35N3O6/c1-3-11-33-24-8-5-4-7-23(24)31(30(33)38)26(27(35)21-9-10-25-22(19-21)18-20(2)40-25)28(36)29(37)34(31)13-6-12-32-14-16-39-17-15-32/h4-5,7-10,19-20,35H,3,6,11-18H2,1-2H3/b27-26+. The quantitative estimate of drug-likeness (QED) is 0.324. The number of para-hydroxylation sites is 1. The fourth-order valence-electron chi connectivity index (χ4n) is 6.60. The van der Waals surface area contributed by atoms with Crippen molar-refractivity contribution < 1.29 is 29.0 Å². The molecule has 2 aromatic rings. The first-order valence-corrected chi connectivity index (χ1v) is 14.2. The third kappa shape index (κ3) is 4.02. The molecule has 2 aromatic carbocycles. The van der Waals surface area contributed by atoms with Crippen molar-refractivity contribution in [3.05, 3.63) is 64.7 Å². The second-order valence-electron chi connectivity index (χ2n) is 11.0. The number of benzene rings is 2. The van der Waals surface area contributed by atoms with Crippen molar-refractivity contribution in [2.45, 2.75) is 44.8 Å². The molecule has 9 nitrogen and oxygen atoms in total. The number of hydrogen-bond acceptors (Lipinski definition) is 7. The van der Waals surface area contributed by atoms with Gasteiger partial charge in [-0.15, -0.1) is 0 Å². The Bertz CT molecular complexity index is 1400. The van der Waals surface area contributed by atoms with Crippen molar-refractivity contribution >= 4 is 29.0 Å². The fraction of sp³-hybridized carbons (Fsp3) is 0.452. The number of aliphatic hydroxyl groups is 1. The lowest BCUT2D eigenvalue weighted by atomic mass is 9.81. The van der Waals surface area contributed by atoms with E-state index in [0.29, 0.717) is 62.4 Å². The maximum atomic E-state index is 14.5. The predicted molar refractivity (Wildman–Crippen MR) is 149 cm³/mol. The van der Waals surface area contributed by atoms with Crippen LogP contribution in [0.15, 0.2) is 48.0 Å². The number of nitrogens with zero attached hydrogens (tertiary/aromatic N) is 3. The van der Waals surface area contributed by atoms with Crippen LogP contribution in [0.4, 0.5) is 5.69 Å². The average Bonchev–Trinajstić information content (AvgIpc) is 3.53. The molecule has 4 heterocycles. The monoisotopic (exact) mass is 545 g/mol. The Morgan fingerprint density at radius 1 is 1.05 bits per heavy atom. The number of hydrogen-bond donors (Lipinski definition) is 1. The van der Waals surface area contributed by atoms with Gasteiger partial charge in [-0.05, 0) is 49.6 Å². The number of fused-ring (bicyclic) bond motifs is 3. The molecule has 6 rings (SSSR count). The highest BCUT2D eigenvalue weighted by Crippen LogP contribution is 2.53. The molecule has 40 heavy (non-hydrogen) atoms. The van der Waals surface area contributed by atoms with Crippen LogP contribution >= 0.6 is 0 Å². The molecule has 0 bridgehead atoms. The molecule has 4 aliphatic rings. The Kier molecular flexibility index (Phi) is 6.88. The van der Waals surface area contributed by atoms with Gasteiger partial charge in [-0.1, -0.05) is 25.1 Å². The Balaban J connectivity index is 1.48. The molecule has 0 saturated carbocycles. The Labute approximate surface area is 233 Å². The third-order valence-corrected chi connectivity index (χ3v) is 8.39. The number of carbonyl (C=O) groups is 3. The van der Waals surface area contributed by atoms with Crippen molar-refractivity contribution in [3.63, 3.8) is 0 Å². The normalized spacial score (nSPS) is 25.6. The number of amides is 2. The number of likely N-dealkylation sites (tertiary alicyclic amines) is 1. The summed E-state index contributed by atoms with van der Waals surface area (Å²) in [4.78, 5) is 47.4. The zero-order valence-corrected chi connectivity index (χ0v) is 23.0. The molecule has 1 spiro atoms. The van der Waals surface area contributed by atoms with Gasteiger partial charge in [0.25, 0.3) is 17.6 Å². The second kappa shape index (κ2) is 10.4. The molecule has 4 aliphatic heterocycles. The van der Waals surface area contributed by atoms with E-state index >= 15 is 0 Å². The van der Waals surface area contributed by atoms with Gasteiger partial charge < -0.3 is 24.4 Å². The van der Waals surface area contributed by atoms with Gasteiger partial charge in [0.2, 0.25) is 0 Å². The summed E-state index contributed by atoms with van der Waals surface area (Å²) in [6.45, 7) is 8.22. The number of aliphatic hydroxyl groups excluding tert-OH is 1. The van der Waals surface area contributed by atoms with Crippen molar-refractivity contribution in [3.8, 4) is 5.75 Å². The molecule has 1 N–H and O–H groups in total. The third-order valence-electron chi connectivity index (χ3n) is 8.39. The summed E-state index contributed by atoms with van der Waals surface area (Å²) in [6.07, 6.45) is 1.95. The summed E-state index contributed by atoms with van der Waals surface area (Å²) < 4.78 is 11.3. The van der Waals surface area contributed by atoms with E-state index in [1.165, 1.54) is 4.90 Å². The fourth-order valence-corrected chi connectivity index (χ4v) is 6.60. The van der Waals surface area contributed by atoms with E-state index in [0.717, 1.165) is 24.4 Å². The van der Waals surface area contributed by atoms with Crippen LogP contribution in [0.2, 0.25) is 0 Å². The molecule has 0 aliphatic carbocycles. The van der Waals surface area contributed by atoms with Crippen LogP contribution < -0.4 is 9.64 Å². The molecule has 2 fully saturated rings. The van der Waals surface area contributed by atoms with Crippen LogP contribution in [0, 0.1) is 0 Å². The van der Waals surface area contributed by atoms with E-state index < -0.39 is 17.2 Å². The summed E-state index contributed by atoms with van der Waals surface area (Å²) in [6, 6.07) is 12.6. The smallest absolute Gasteiger partial charge is 0.296 e. The van der Waals surface area contributed by atoms with E-state index in [4.69, 9.17) is 9.47 Å². The minimum absolute atomic E-state index is 0.00826. The molecular formula is C31H35N3O6. The summed E-state index contributed by atoms with van der Waals surface area (Å²) >= 11 is 0.